The summed E-state index contributed by atoms with van der Waals surface area (Å²) in [6.45, 7) is 3.23. The van der Waals surface area contributed by atoms with Gasteiger partial charge in [0.05, 0.1) is 12.0 Å². The zero-order chi connectivity index (χ0) is 13.0. The summed E-state index contributed by atoms with van der Waals surface area (Å²) in [7, 11) is 1.68. The summed E-state index contributed by atoms with van der Waals surface area (Å²) in [4.78, 5) is 0. The van der Waals surface area contributed by atoms with Crippen LogP contribution >= 0.6 is 11.6 Å². The molecule has 0 bridgehead atoms. The number of ether oxygens (including phenoxy) is 3. The molecule has 0 amide bonds. The lowest BCUT2D eigenvalue weighted by atomic mass is 9.91. The van der Waals surface area contributed by atoms with Crippen LogP contribution in [0.3, 0.4) is 0 Å². The smallest absolute Gasteiger partial charge is 0.128 e. The van der Waals surface area contributed by atoms with Crippen LogP contribution in [0.2, 0.25) is 0 Å². The second kappa shape index (κ2) is 6.41. The van der Waals surface area contributed by atoms with Crippen LogP contribution in [0.15, 0.2) is 24.3 Å². The Labute approximate surface area is 113 Å². The average molecular weight is 271 g/mol. The van der Waals surface area contributed by atoms with Gasteiger partial charge in [-0.05, 0) is 24.6 Å². The first-order chi connectivity index (χ1) is 8.74. The van der Waals surface area contributed by atoms with Crippen LogP contribution in [0.1, 0.15) is 18.9 Å². The maximum absolute atomic E-state index is 6.11. The molecule has 3 nitrogen and oxygen atoms in total. The Hall–Kier alpha value is -0.770. The summed E-state index contributed by atoms with van der Waals surface area (Å²) in [6, 6.07) is 7.93. The maximum atomic E-state index is 6.11. The summed E-state index contributed by atoms with van der Waals surface area (Å²) in [5.41, 5.74) is 1.10. The molecule has 1 aromatic rings. The van der Waals surface area contributed by atoms with Crippen LogP contribution < -0.4 is 4.74 Å². The second-order valence-electron chi connectivity index (χ2n) is 4.41. The highest BCUT2D eigenvalue weighted by molar-refractivity contribution is 6.21. The number of rotatable bonds is 6. The lowest BCUT2D eigenvalue weighted by Gasteiger charge is -2.40. The number of halogens is 1. The molecule has 0 aromatic heterocycles. The monoisotopic (exact) mass is 270 g/mol. The molecule has 4 heteroatoms. The SMILES string of the molecule is CCOC1C(Cl)CC1Oc1cccc(COC)c1. The fraction of sp³-hybridized carbons (Fsp3) is 0.571. The molecule has 0 aliphatic heterocycles. The first-order valence-electron chi connectivity index (χ1n) is 6.24. The van der Waals surface area contributed by atoms with Crippen molar-refractivity contribution < 1.29 is 14.2 Å². The number of alkyl halides is 1. The molecule has 1 saturated carbocycles. The zero-order valence-electron chi connectivity index (χ0n) is 10.8. The molecule has 18 heavy (non-hydrogen) atoms. The van der Waals surface area contributed by atoms with Gasteiger partial charge in [0.2, 0.25) is 0 Å². The van der Waals surface area contributed by atoms with Gasteiger partial charge >= 0.3 is 0 Å². The van der Waals surface area contributed by atoms with Crippen LogP contribution in [0.5, 0.6) is 5.75 Å². The lowest BCUT2D eigenvalue weighted by Crippen LogP contribution is -2.52. The number of hydrogen-bond donors (Lipinski definition) is 0. The Balaban J connectivity index is 1.95. The van der Waals surface area contributed by atoms with E-state index in [1.165, 1.54) is 0 Å². The Kier molecular flexibility index (Phi) is 4.87. The van der Waals surface area contributed by atoms with Crippen molar-refractivity contribution in [1.82, 2.24) is 0 Å². The first-order valence-corrected chi connectivity index (χ1v) is 6.68. The minimum absolute atomic E-state index is 0.00254. The Morgan fingerprint density at radius 2 is 2.22 bits per heavy atom. The number of benzene rings is 1. The molecule has 0 N–H and O–H groups in total. The second-order valence-corrected chi connectivity index (χ2v) is 4.97. The fourth-order valence-corrected chi connectivity index (χ4v) is 2.51. The summed E-state index contributed by atoms with van der Waals surface area (Å²) in [5, 5.41) is 0.0668. The highest BCUT2D eigenvalue weighted by Gasteiger charge is 2.42. The molecule has 0 heterocycles. The van der Waals surface area contributed by atoms with Crippen molar-refractivity contribution in [3.63, 3.8) is 0 Å². The topological polar surface area (TPSA) is 27.7 Å². The van der Waals surface area contributed by atoms with E-state index in [1.54, 1.807) is 7.11 Å². The van der Waals surface area contributed by atoms with Crippen molar-refractivity contribution in [2.24, 2.45) is 0 Å². The molecule has 0 radical (unpaired) electrons. The van der Waals surface area contributed by atoms with E-state index in [0.29, 0.717) is 13.2 Å². The summed E-state index contributed by atoms with van der Waals surface area (Å²) in [6.07, 6.45) is 0.897. The fourth-order valence-electron chi connectivity index (χ4n) is 2.10. The predicted octanol–water partition coefficient (Wildman–Crippen LogP) is 3.00. The molecule has 1 aliphatic carbocycles. The normalized spacial score (nSPS) is 26.7. The van der Waals surface area contributed by atoms with Gasteiger partial charge in [-0.3, -0.25) is 0 Å². The highest BCUT2D eigenvalue weighted by atomic mass is 35.5. The van der Waals surface area contributed by atoms with E-state index in [-0.39, 0.29) is 17.6 Å². The largest absolute Gasteiger partial charge is 0.488 e. The molecule has 0 saturated heterocycles. The Bertz CT molecular complexity index is 383. The standard InChI is InChI=1S/C14H19ClO3/c1-3-17-14-12(15)8-13(14)18-11-6-4-5-10(7-11)9-16-2/h4-7,12-14H,3,8-9H2,1-2H3. The van der Waals surface area contributed by atoms with Gasteiger partial charge in [-0.15, -0.1) is 11.6 Å². The van der Waals surface area contributed by atoms with Gasteiger partial charge in [-0.2, -0.15) is 0 Å². The molecule has 2 rings (SSSR count). The molecule has 1 aromatic carbocycles. The predicted molar refractivity (Wildman–Crippen MR) is 71.2 cm³/mol. The van der Waals surface area contributed by atoms with Gasteiger partial charge < -0.3 is 14.2 Å². The van der Waals surface area contributed by atoms with Gasteiger partial charge in [0, 0.05) is 20.1 Å². The van der Waals surface area contributed by atoms with Gasteiger partial charge in [0.1, 0.15) is 18.0 Å². The van der Waals surface area contributed by atoms with Crippen molar-refractivity contribution in [2.75, 3.05) is 13.7 Å². The molecule has 3 unspecified atom stereocenters. The first kappa shape index (κ1) is 13.7. The van der Waals surface area contributed by atoms with Gasteiger partial charge in [-0.1, -0.05) is 12.1 Å². The summed E-state index contributed by atoms with van der Waals surface area (Å²) < 4.78 is 16.6. The average Bonchev–Trinajstić information content (AvgIpc) is 2.36. The van der Waals surface area contributed by atoms with Crippen molar-refractivity contribution in [2.45, 2.75) is 37.5 Å². The third-order valence-corrected chi connectivity index (χ3v) is 3.46. The molecule has 1 fully saturated rings. The zero-order valence-corrected chi connectivity index (χ0v) is 11.5. The van der Waals surface area contributed by atoms with Crippen LogP contribution in [0.25, 0.3) is 0 Å². The van der Waals surface area contributed by atoms with Crippen molar-refractivity contribution >= 4 is 11.6 Å². The van der Waals surface area contributed by atoms with Crippen molar-refractivity contribution in [1.29, 1.82) is 0 Å². The Morgan fingerprint density at radius 3 is 2.89 bits per heavy atom. The van der Waals surface area contributed by atoms with E-state index in [2.05, 4.69) is 0 Å². The van der Waals surface area contributed by atoms with Gasteiger partial charge in [0.25, 0.3) is 0 Å². The third-order valence-electron chi connectivity index (χ3n) is 3.04. The van der Waals surface area contributed by atoms with Gasteiger partial charge in [0.15, 0.2) is 0 Å². The van der Waals surface area contributed by atoms with Crippen molar-refractivity contribution in [3.05, 3.63) is 29.8 Å². The van der Waals surface area contributed by atoms with E-state index in [9.17, 15) is 0 Å². The van der Waals surface area contributed by atoms with Crippen molar-refractivity contribution in [3.8, 4) is 5.75 Å². The summed E-state index contributed by atoms with van der Waals surface area (Å²) in [5.74, 6) is 0.850. The minimum Gasteiger partial charge on any atom is -0.488 e. The van der Waals surface area contributed by atoms with Crippen LogP contribution in [-0.4, -0.2) is 31.3 Å². The maximum Gasteiger partial charge on any atom is 0.128 e. The number of methoxy groups -OCH3 is 1. The molecule has 1 aliphatic rings. The molecule has 3 atom stereocenters. The van der Waals surface area contributed by atoms with E-state index in [4.69, 9.17) is 25.8 Å². The Morgan fingerprint density at radius 1 is 1.39 bits per heavy atom. The van der Waals surface area contributed by atoms with Crippen LogP contribution in [-0.2, 0) is 16.1 Å². The molecular formula is C14H19ClO3. The number of hydrogen-bond acceptors (Lipinski definition) is 3. The lowest BCUT2D eigenvalue weighted by molar-refractivity contribution is -0.0760. The minimum atomic E-state index is 0.00254. The summed E-state index contributed by atoms with van der Waals surface area (Å²) >= 11 is 6.11. The van der Waals surface area contributed by atoms with E-state index < -0.39 is 0 Å². The molecule has 0 spiro atoms. The molecular weight excluding hydrogens is 252 g/mol. The van der Waals surface area contributed by atoms with E-state index in [1.807, 2.05) is 31.2 Å². The third kappa shape index (κ3) is 3.16. The molecule has 100 valence electrons. The quantitative estimate of drug-likeness (QED) is 0.744. The van der Waals surface area contributed by atoms with E-state index >= 15 is 0 Å². The van der Waals surface area contributed by atoms with E-state index in [0.717, 1.165) is 17.7 Å². The highest BCUT2D eigenvalue weighted by Crippen LogP contribution is 2.33. The van der Waals surface area contributed by atoms with Gasteiger partial charge in [-0.25, -0.2) is 0 Å². The van der Waals surface area contributed by atoms with Crippen LogP contribution in [0.4, 0.5) is 0 Å². The van der Waals surface area contributed by atoms with Crippen LogP contribution in [0, 0.1) is 0 Å².